The zero-order valence-corrected chi connectivity index (χ0v) is 15.3. The number of carbonyl (C=O) groups excluding carboxylic acids is 1. The Morgan fingerprint density at radius 3 is 2.43 bits per heavy atom. The van der Waals surface area contributed by atoms with E-state index in [9.17, 15) is 4.79 Å². The van der Waals surface area contributed by atoms with E-state index < -0.39 is 0 Å². The highest BCUT2D eigenvalue weighted by Crippen LogP contribution is 2.25. The summed E-state index contributed by atoms with van der Waals surface area (Å²) >= 11 is 0. The summed E-state index contributed by atoms with van der Waals surface area (Å²) < 4.78 is 5.65. The highest BCUT2D eigenvalue weighted by Gasteiger charge is 2.39. The Morgan fingerprint density at radius 1 is 1.30 bits per heavy atom. The molecule has 4 nitrogen and oxygen atoms in total. The average molecular weight is 341 g/mol. The van der Waals surface area contributed by atoms with E-state index >= 15 is 0 Å². The molecular formula is C18H29ClN2O2. The summed E-state index contributed by atoms with van der Waals surface area (Å²) in [6.07, 6.45) is 2.98. The molecular weight excluding hydrogens is 312 g/mol. The summed E-state index contributed by atoms with van der Waals surface area (Å²) in [5.74, 6) is 0.974. The molecule has 1 aromatic rings. The van der Waals surface area contributed by atoms with Gasteiger partial charge >= 0.3 is 0 Å². The van der Waals surface area contributed by atoms with Crippen LogP contribution in [-0.2, 0) is 4.79 Å². The number of amides is 1. The van der Waals surface area contributed by atoms with Crippen molar-refractivity contribution < 1.29 is 9.53 Å². The highest BCUT2D eigenvalue weighted by atomic mass is 35.5. The lowest BCUT2D eigenvalue weighted by Crippen LogP contribution is -2.53. The van der Waals surface area contributed by atoms with Gasteiger partial charge in [-0.25, -0.2) is 0 Å². The minimum Gasteiger partial charge on any atom is -0.491 e. The van der Waals surface area contributed by atoms with E-state index in [0.717, 1.165) is 37.1 Å². The van der Waals surface area contributed by atoms with Crippen LogP contribution in [0.2, 0.25) is 0 Å². The van der Waals surface area contributed by atoms with Gasteiger partial charge in [0.05, 0.1) is 17.7 Å². The lowest BCUT2D eigenvalue weighted by atomic mass is 9.92. The van der Waals surface area contributed by atoms with Crippen molar-refractivity contribution in [1.29, 1.82) is 0 Å². The molecule has 130 valence electrons. The number of hydrogen-bond acceptors (Lipinski definition) is 3. The van der Waals surface area contributed by atoms with Crippen molar-refractivity contribution >= 4 is 18.3 Å². The predicted molar refractivity (Wildman–Crippen MR) is 96.3 cm³/mol. The Bertz CT molecular complexity index is 496. The summed E-state index contributed by atoms with van der Waals surface area (Å²) in [5, 5.41) is 6.52. The quantitative estimate of drug-likeness (QED) is 0.831. The van der Waals surface area contributed by atoms with E-state index in [1.807, 2.05) is 45.0 Å². The molecule has 0 aromatic heterocycles. The van der Waals surface area contributed by atoms with Crippen LogP contribution in [0.3, 0.4) is 0 Å². The first kappa shape index (κ1) is 19.8. The van der Waals surface area contributed by atoms with Gasteiger partial charge in [-0.2, -0.15) is 0 Å². The molecule has 2 N–H and O–H groups in total. The van der Waals surface area contributed by atoms with Gasteiger partial charge in [0.25, 0.3) is 0 Å². The Morgan fingerprint density at radius 2 is 1.96 bits per heavy atom. The van der Waals surface area contributed by atoms with Crippen molar-refractivity contribution in [2.45, 2.75) is 64.6 Å². The summed E-state index contributed by atoms with van der Waals surface area (Å²) in [6.45, 7) is 9.04. The summed E-state index contributed by atoms with van der Waals surface area (Å²) in [6, 6.07) is 7.95. The van der Waals surface area contributed by atoms with Crippen molar-refractivity contribution in [3.63, 3.8) is 0 Å². The fraction of sp³-hybridized carbons (Fsp3) is 0.611. The van der Waals surface area contributed by atoms with Crippen LogP contribution in [0.5, 0.6) is 5.75 Å². The zero-order chi connectivity index (χ0) is 16.2. The molecule has 1 amide bonds. The molecule has 0 saturated carbocycles. The van der Waals surface area contributed by atoms with Gasteiger partial charge < -0.3 is 15.4 Å². The third-order valence-electron chi connectivity index (χ3n) is 4.38. The normalized spacial score (nSPS) is 21.6. The van der Waals surface area contributed by atoms with Crippen LogP contribution in [0.25, 0.3) is 0 Å². The lowest BCUT2D eigenvalue weighted by molar-refractivity contribution is -0.128. The van der Waals surface area contributed by atoms with Crippen LogP contribution < -0.4 is 15.4 Å². The first-order valence-corrected chi connectivity index (χ1v) is 8.29. The molecule has 0 radical (unpaired) electrons. The van der Waals surface area contributed by atoms with Gasteiger partial charge in [0.2, 0.25) is 5.91 Å². The SMILES string of the molecule is CCC1(C(=O)NC(C)c2ccc(OC(C)C)cc2)CCCN1.Cl. The third-order valence-corrected chi connectivity index (χ3v) is 4.38. The minimum absolute atomic E-state index is 0. The summed E-state index contributed by atoms with van der Waals surface area (Å²) in [5.41, 5.74) is 0.711. The second-order valence-corrected chi connectivity index (χ2v) is 6.40. The molecule has 2 unspecified atom stereocenters. The molecule has 5 heteroatoms. The smallest absolute Gasteiger partial charge is 0.240 e. The number of hydrogen-bond donors (Lipinski definition) is 2. The summed E-state index contributed by atoms with van der Waals surface area (Å²) in [7, 11) is 0. The minimum atomic E-state index is -0.380. The first-order valence-electron chi connectivity index (χ1n) is 8.29. The van der Waals surface area contributed by atoms with Gasteiger partial charge in [0, 0.05) is 0 Å². The number of carbonyl (C=O) groups is 1. The number of nitrogens with one attached hydrogen (secondary N) is 2. The maximum atomic E-state index is 12.6. The van der Waals surface area contributed by atoms with Crippen LogP contribution in [0.15, 0.2) is 24.3 Å². The van der Waals surface area contributed by atoms with Gasteiger partial charge in [0.15, 0.2) is 0 Å². The standard InChI is InChI=1S/C18H28N2O2.ClH/c1-5-18(11-6-12-19-18)17(21)20-14(4)15-7-9-16(10-8-15)22-13(2)3;/h7-10,13-14,19H,5-6,11-12H2,1-4H3,(H,20,21);1H. The maximum Gasteiger partial charge on any atom is 0.240 e. The van der Waals surface area contributed by atoms with Gasteiger partial charge in [0.1, 0.15) is 5.75 Å². The molecule has 1 fully saturated rings. The molecule has 1 heterocycles. The van der Waals surface area contributed by atoms with Crippen LogP contribution in [-0.4, -0.2) is 24.1 Å². The number of benzene rings is 1. The topological polar surface area (TPSA) is 50.4 Å². The van der Waals surface area contributed by atoms with Crippen LogP contribution in [0.4, 0.5) is 0 Å². The van der Waals surface area contributed by atoms with Crippen molar-refractivity contribution in [2.24, 2.45) is 0 Å². The molecule has 2 rings (SSSR count). The van der Waals surface area contributed by atoms with Gasteiger partial charge in [-0.05, 0) is 64.3 Å². The molecule has 1 aliphatic heterocycles. The Balaban J connectivity index is 0.00000264. The number of halogens is 1. The Labute approximate surface area is 145 Å². The third kappa shape index (κ3) is 4.85. The first-order chi connectivity index (χ1) is 10.5. The van der Waals surface area contributed by atoms with Crippen molar-refractivity contribution in [3.8, 4) is 5.75 Å². The van der Waals surface area contributed by atoms with E-state index in [-0.39, 0.29) is 36.0 Å². The molecule has 2 atom stereocenters. The molecule has 0 spiro atoms. The largest absolute Gasteiger partial charge is 0.491 e. The second-order valence-electron chi connectivity index (χ2n) is 6.40. The van der Waals surface area contributed by atoms with Crippen LogP contribution >= 0.6 is 12.4 Å². The summed E-state index contributed by atoms with van der Waals surface area (Å²) in [4.78, 5) is 12.6. The second kappa shape index (κ2) is 8.55. The zero-order valence-electron chi connectivity index (χ0n) is 14.5. The van der Waals surface area contributed by atoms with Gasteiger partial charge in [-0.1, -0.05) is 19.1 Å². The fourth-order valence-electron chi connectivity index (χ4n) is 2.99. The monoisotopic (exact) mass is 340 g/mol. The number of rotatable bonds is 6. The van der Waals surface area contributed by atoms with Crippen molar-refractivity contribution in [3.05, 3.63) is 29.8 Å². The molecule has 23 heavy (non-hydrogen) atoms. The molecule has 0 bridgehead atoms. The van der Waals surface area contributed by atoms with Crippen molar-refractivity contribution in [1.82, 2.24) is 10.6 Å². The maximum absolute atomic E-state index is 12.6. The van der Waals surface area contributed by atoms with Crippen LogP contribution in [0, 0.1) is 0 Å². The Kier molecular flexibility index (Phi) is 7.36. The van der Waals surface area contributed by atoms with E-state index in [2.05, 4.69) is 17.6 Å². The predicted octanol–water partition coefficient (Wildman–Crippen LogP) is 3.61. The fourth-order valence-corrected chi connectivity index (χ4v) is 2.99. The van der Waals surface area contributed by atoms with Crippen molar-refractivity contribution in [2.75, 3.05) is 6.54 Å². The average Bonchev–Trinajstić information content (AvgIpc) is 2.97. The highest BCUT2D eigenvalue weighted by molar-refractivity contribution is 5.87. The van der Waals surface area contributed by atoms with E-state index in [4.69, 9.17) is 4.74 Å². The molecule has 1 saturated heterocycles. The number of ether oxygens (including phenoxy) is 1. The van der Waals surface area contributed by atoms with E-state index in [1.165, 1.54) is 0 Å². The lowest BCUT2D eigenvalue weighted by Gasteiger charge is -2.28. The van der Waals surface area contributed by atoms with E-state index in [0.29, 0.717) is 0 Å². The van der Waals surface area contributed by atoms with Gasteiger partial charge in [-0.15, -0.1) is 12.4 Å². The molecule has 0 aliphatic carbocycles. The van der Waals surface area contributed by atoms with E-state index in [1.54, 1.807) is 0 Å². The molecule has 1 aliphatic rings. The van der Waals surface area contributed by atoms with Gasteiger partial charge in [-0.3, -0.25) is 4.79 Å². The van der Waals surface area contributed by atoms with Crippen LogP contribution in [0.1, 0.15) is 58.6 Å². The molecule has 1 aromatic carbocycles. The Hall–Kier alpha value is -1.26.